The molecule has 0 aromatic carbocycles. The van der Waals surface area contributed by atoms with E-state index in [0.29, 0.717) is 6.54 Å². The van der Waals surface area contributed by atoms with E-state index in [1.165, 1.54) is 5.41 Å². The second-order valence-electron chi connectivity index (χ2n) is 3.49. The molecular weight excluding hydrogens is 216 g/mol. The first-order valence-electron chi connectivity index (χ1n) is 4.55. The van der Waals surface area contributed by atoms with Crippen molar-refractivity contribution in [2.24, 2.45) is 7.05 Å². The van der Waals surface area contributed by atoms with E-state index in [1.54, 1.807) is 24.0 Å². The summed E-state index contributed by atoms with van der Waals surface area (Å²) in [6.07, 6.45) is 3.32. The number of rotatable bonds is 3. The van der Waals surface area contributed by atoms with Crippen molar-refractivity contribution in [2.45, 2.75) is 12.6 Å². The molecule has 0 spiro atoms. The van der Waals surface area contributed by atoms with Crippen LogP contribution in [-0.4, -0.2) is 35.2 Å². The van der Waals surface area contributed by atoms with Gasteiger partial charge in [0.25, 0.3) is 0 Å². The Morgan fingerprint density at radius 2 is 2.47 bits per heavy atom. The molecule has 1 aliphatic rings. The van der Waals surface area contributed by atoms with E-state index >= 15 is 0 Å². The highest BCUT2D eigenvalue weighted by Gasteiger charge is 2.21. The standard InChI is InChI=1S/C8H12N4O2S/c1-12-8(5-10-11-12)4-9-7-2-3-15(13,14)6-7/h2-3,5,7,9H,4,6H2,1H3. The van der Waals surface area contributed by atoms with Crippen LogP contribution in [0.3, 0.4) is 0 Å². The lowest BCUT2D eigenvalue weighted by Crippen LogP contribution is -2.30. The molecule has 6 nitrogen and oxygen atoms in total. The number of hydrogen-bond donors (Lipinski definition) is 1. The number of nitrogens with zero attached hydrogens (tertiary/aromatic N) is 3. The van der Waals surface area contributed by atoms with Gasteiger partial charge in [-0.1, -0.05) is 11.3 Å². The topological polar surface area (TPSA) is 76.9 Å². The number of nitrogens with one attached hydrogen (secondary N) is 1. The average molecular weight is 228 g/mol. The first kappa shape index (κ1) is 10.3. The summed E-state index contributed by atoms with van der Waals surface area (Å²) in [5.74, 6) is 0.137. The normalized spacial score (nSPS) is 23.4. The van der Waals surface area contributed by atoms with E-state index < -0.39 is 9.84 Å². The zero-order chi connectivity index (χ0) is 10.9. The molecule has 1 aliphatic heterocycles. The predicted octanol–water partition coefficient (Wildman–Crippen LogP) is -0.785. The van der Waals surface area contributed by atoms with E-state index in [-0.39, 0.29) is 11.8 Å². The van der Waals surface area contributed by atoms with E-state index in [1.807, 2.05) is 0 Å². The Balaban J connectivity index is 1.91. The summed E-state index contributed by atoms with van der Waals surface area (Å²) in [5.41, 5.74) is 0.924. The van der Waals surface area contributed by atoms with Gasteiger partial charge in [-0.15, -0.1) is 5.10 Å². The molecule has 1 unspecified atom stereocenters. The summed E-state index contributed by atoms with van der Waals surface area (Å²) in [5, 5.41) is 11.9. The van der Waals surface area contributed by atoms with Crippen LogP contribution in [0.4, 0.5) is 0 Å². The van der Waals surface area contributed by atoms with Gasteiger partial charge in [-0.25, -0.2) is 8.42 Å². The van der Waals surface area contributed by atoms with Crippen molar-refractivity contribution in [1.82, 2.24) is 20.3 Å². The van der Waals surface area contributed by atoms with Crippen molar-refractivity contribution >= 4 is 9.84 Å². The Labute approximate surface area is 87.9 Å². The molecule has 1 aromatic rings. The van der Waals surface area contributed by atoms with Gasteiger partial charge in [0.05, 0.1) is 17.6 Å². The minimum absolute atomic E-state index is 0.107. The first-order chi connectivity index (χ1) is 7.07. The van der Waals surface area contributed by atoms with Gasteiger partial charge in [0, 0.05) is 25.0 Å². The number of sulfone groups is 1. The predicted molar refractivity (Wildman–Crippen MR) is 54.6 cm³/mol. The van der Waals surface area contributed by atoms with Crippen LogP contribution >= 0.6 is 0 Å². The number of aryl methyl sites for hydroxylation is 1. The Hall–Kier alpha value is -1.21. The maximum Gasteiger partial charge on any atom is 0.173 e. The van der Waals surface area contributed by atoms with Crippen molar-refractivity contribution in [1.29, 1.82) is 0 Å². The van der Waals surface area contributed by atoms with Crippen molar-refractivity contribution < 1.29 is 8.42 Å². The van der Waals surface area contributed by atoms with Crippen molar-refractivity contribution in [2.75, 3.05) is 5.75 Å². The smallest absolute Gasteiger partial charge is 0.173 e. The quantitative estimate of drug-likeness (QED) is 0.734. The molecule has 0 bridgehead atoms. The second-order valence-corrected chi connectivity index (χ2v) is 5.43. The summed E-state index contributed by atoms with van der Waals surface area (Å²) in [6.45, 7) is 0.564. The largest absolute Gasteiger partial charge is 0.304 e. The van der Waals surface area contributed by atoms with Gasteiger partial charge in [0.2, 0.25) is 0 Å². The highest BCUT2D eigenvalue weighted by Crippen LogP contribution is 2.08. The maximum atomic E-state index is 11.1. The fourth-order valence-electron chi connectivity index (χ4n) is 1.41. The molecule has 7 heteroatoms. The SMILES string of the molecule is Cn1nncc1CNC1C=CS(=O)(=O)C1. The van der Waals surface area contributed by atoms with Crippen LogP contribution in [0, 0.1) is 0 Å². The highest BCUT2D eigenvalue weighted by molar-refractivity contribution is 7.94. The average Bonchev–Trinajstić information content (AvgIpc) is 2.69. The zero-order valence-corrected chi connectivity index (χ0v) is 9.11. The maximum absolute atomic E-state index is 11.1. The lowest BCUT2D eigenvalue weighted by Gasteiger charge is -2.08. The molecule has 1 atom stereocenters. The van der Waals surface area contributed by atoms with Gasteiger partial charge in [0.1, 0.15) is 0 Å². The monoisotopic (exact) mass is 228 g/mol. The fourth-order valence-corrected chi connectivity index (χ4v) is 2.68. The van der Waals surface area contributed by atoms with E-state index in [2.05, 4.69) is 15.6 Å². The highest BCUT2D eigenvalue weighted by atomic mass is 32.2. The Bertz CT molecular complexity index is 477. The molecule has 0 aliphatic carbocycles. The van der Waals surface area contributed by atoms with Gasteiger partial charge in [-0.3, -0.25) is 4.68 Å². The Kier molecular flexibility index (Phi) is 2.57. The van der Waals surface area contributed by atoms with Gasteiger partial charge in [-0.2, -0.15) is 0 Å². The summed E-state index contributed by atoms with van der Waals surface area (Å²) in [6, 6.07) is -0.107. The molecule has 0 amide bonds. The molecule has 15 heavy (non-hydrogen) atoms. The van der Waals surface area contributed by atoms with Crippen LogP contribution < -0.4 is 5.32 Å². The number of aromatic nitrogens is 3. The van der Waals surface area contributed by atoms with E-state index in [4.69, 9.17) is 0 Å². The van der Waals surface area contributed by atoms with Gasteiger partial charge in [0.15, 0.2) is 9.84 Å². The van der Waals surface area contributed by atoms with Crippen LogP contribution in [0.15, 0.2) is 17.7 Å². The van der Waals surface area contributed by atoms with Crippen LogP contribution in [0.25, 0.3) is 0 Å². The van der Waals surface area contributed by atoms with E-state index in [0.717, 1.165) is 5.69 Å². The molecule has 1 N–H and O–H groups in total. The summed E-state index contributed by atoms with van der Waals surface area (Å²) in [4.78, 5) is 0. The minimum atomic E-state index is -2.98. The zero-order valence-electron chi connectivity index (χ0n) is 8.29. The molecule has 0 saturated carbocycles. The van der Waals surface area contributed by atoms with Crippen LogP contribution in [0.5, 0.6) is 0 Å². The van der Waals surface area contributed by atoms with E-state index in [9.17, 15) is 8.42 Å². The molecule has 0 saturated heterocycles. The molecule has 2 rings (SSSR count). The Morgan fingerprint density at radius 1 is 1.67 bits per heavy atom. The van der Waals surface area contributed by atoms with Gasteiger partial charge in [-0.05, 0) is 0 Å². The van der Waals surface area contributed by atoms with Crippen LogP contribution in [0.1, 0.15) is 5.69 Å². The van der Waals surface area contributed by atoms with Crippen LogP contribution in [0.2, 0.25) is 0 Å². The Morgan fingerprint density at radius 3 is 3.00 bits per heavy atom. The summed E-state index contributed by atoms with van der Waals surface area (Å²) >= 11 is 0. The molecular formula is C8H12N4O2S. The second kappa shape index (κ2) is 3.74. The van der Waals surface area contributed by atoms with Crippen molar-refractivity contribution in [3.05, 3.63) is 23.4 Å². The van der Waals surface area contributed by atoms with Crippen molar-refractivity contribution in [3.63, 3.8) is 0 Å². The fraction of sp³-hybridized carbons (Fsp3) is 0.500. The minimum Gasteiger partial charge on any atom is -0.304 e. The third kappa shape index (κ3) is 2.42. The number of hydrogen-bond acceptors (Lipinski definition) is 5. The van der Waals surface area contributed by atoms with Gasteiger partial charge >= 0.3 is 0 Å². The molecule has 0 radical (unpaired) electrons. The lowest BCUT2D eigenvalue weighted by atomic mass is 10.3. The lowest BCUT2D eigenvalue weighted by molar-refractivity contribution is 0.575. The molecule has 0 fully saturated rings. The summed E-state index contributed by atoms with van der Waals surface area (Å²) in [7, 11) is -1.18. The van der Waals surface area contributed by atoms with Crippen LogP contribution in [-0.2, 0) is 23.4 Å². The molecule has 2 heterocycles. The molecule has 82 valence electrons. The third-order valence-corrected chi connectivity index (χ3v) is 3.68. The first-order valence-corrected chi connectivity index (χ1v) is 6.26. The third-order valence-electron chi connectivity index (χ3n) is 2.28. The van der Waals surface area contributed by atoms with Crippen molar-refractivity contribution in [3.8, 4) is 0 Å². The molecule has 1 aromatic heterocycles. The van der Waals surface area contributed by atoms with Gasteiger partial charge < -0.3 is 5.32 Å². The summed E-state index contributed by atoms with van der Waals surface area (Å²) < 4.78 is 23.9.